The number of carbonyl (C=O) groups excluding carboxylic acids is 2. The van der Waals surface area contributed by atoms with E-state index in [0.717, 1.165) is 24.8 Å². The molecule has 5 heteroatoms. The Hall–Kier alpha value is -2.04. The molecule has 0 bridgehead atoms. The summed E-state index contributed by atoms with van der Waals surface area (Å²) < 4.78 is 5.07. The quantitative estimate of drug-likeness (QED) is 0.618. The smallest absolute Gasteiger partial charge is 0.317 e. The zero-order chi connectivity index (χ0) is 14.4. The third-order valence-electron chi connectivity index (χ3n) is 3.70. The van der Waals surface area contributed by atoms with Crippen molar-refractivity contribution in [1.29, 1.82) is 0 Å². The van der Waals surface area contributed by atoms with Crippen LogP contribution in [-0.2, 0) is 16.1 Å². The van der Waals surface area contributed by atoms with Crippen LogP contribution in [0.3, 0.4) is 0 Å². The van der Waals surface area contributed by atoms with E-state index in [9.17, 15) is 9.59 Å². The van der Waals surface area contributed by atoms with Crippen molar-refractivity contribution in [2.24, 2.45) is 5.41 Å². The number of nitrogens with one attached hydrogen (secondary N) is 2. The molecule has 0 saturated heterocycles. The molecule has 2 amide bonds. The van der Waals surface area contributed by atoms with Crippen LogP contribution in [-0.4, -0.2) is 18.7 Å². The van der Waals surface area contributed by atoms with Crippen LogP contribution < -0.4 is 10.6 Å². The topological polar surface area (TPSA) is 67.4 Å². The number of benzene rings is 1. The highest BCUT2D eigenvalue weighted by Crippen LogP contribution is 2.49. The van der Waals surface area contributed by atoms with Crippen LogP contribution in [0, 0.1) is 5.41 Å². The van der Waals surface area contributed by atoms with Crippen molar-refractivity contribution in [3.8, 4) is 0 Å². The molecule has 2 rings (SSSR count). The van der Waals surface area contributed by atoms with Crippen LogP contribution in [0.2, 0.25) is 0 Å². The molecule has 0 unspecified atom stereocenters. The summed E-state index contributed by atoms with van der Waals surface area (Å²) in [6, 6.07) is 9.26. The second kappa shape index (κ2) is 6.41. The molecule has 0 atom stereocenters. The van der Waals surface area contributed by atoms with Gasteiger partial charge in [0.2, 0.25) is 0 Å². The molecule has 1 aromatic carbocycles. The van der Waals surface area contributed by atoms with Crippen LogP contribution in [0.15, 0.2) is 30.3 Å². The lowest BCUT2D eigenvalue weighted by Crippen LogP contribution is -2.37. The monoisotopic (exact) mass is 276 g/mol. The lowest BCUT2D eigenvalue weighted by molar-refractivity contribution is -0.150. The van der Waals surface area contributed by atoms with Crippen LogP contribution in [0.1, 0.15) is 31.7 Å². The molecule has 1 saturated carbocycles. The first kappa shape index (κ1) is 14.4. The number of amides is 2. The van der Waals surface area contributed by atoms with Gasteiger partial charge < -0.3 is 15.4 Å². The van der Waals surface area contributed by atoms with Gasteiger partial charge in [-0.3, -0.25) is 4.79 Å². The second-order valence-corrected chi connectivity index (χ2v) is 5.06. The minimum atomic E-state index is -0.344. The molecule has 1 aliphatic rings. The summed E-state index contributed by atoms with van der Waals surface area (Å²) in [6.45, 7) is 2.34. The number of hydrogen-bond donors (Lipinski definition) is 2. The van der Waals surface area contributed by atoms with E-state index >= 15 is 0 Å². The second-order valence-electron chi connectivity index (χ2n) is 5.06. The van der Waals surface area contributed by atoms with Gasteiger partial charge in [-0.2, -0.15) is 0 Å². The van der Waals surface area contributed by atoms with Crippen LogP contribution >= 0.6 is 0 Å². The van der Waals surface area contributed by atoms with E-state index in [1.165, 1.54) is 0 Å². The fourth-order valence-electron chi connectivity index (χ4n) is 2.01. The molecule has 0 radical (unpaired) electrons. The Bertz CT molecular complexity index is 469. The molecule has 2 N–H and O–H groups in total. The molecule has 1 aromatic rings. The molecule has 5 nitrogen and oxygen atoms in total. The molecule has 0 aliphatic heterocycles. The first-order valence-corrected chi connectivity index (χ1v) is 6.89. The summed E-state index contributed by atoms with van der Waals surface area (Å²) in [5.41, 5.74) is 0.741. The number of ether oxygens (including phenoxy) is 1. The van der Waals surface area contributed by atoms with Gasteiger partial charge in [0.05, 0.1) is 5.41 Å². The number of hydrogen-bond acceptors (Lipinski definition) is 3. The lowest BCUT2D eigenvalue weighted by atomic mass is 10.1. The van der Waals surface area contributed by atoms with Crippen molar-refractivity contribution >= 4 is 12.0 Å². The summed E-state index contributed by atoms with van der Waals surface area (Å²) in [5.74, 6) is -0.205. The Labute approximate surface area is 118 Å². The maximum Gasteiger partial charge on any atom is 0.317 e. The van der Waals surface area contributed by atoms with Crippen LogP contribution in [0.25, 0.3) is 0 Å². The number of rotatable bonds is 6. The molecular formula is C15H20N2O3. The van der Waals surface area contributed by atoms with Gasteiger partial charge in [0.15, 0.2) is 6.73 Å². The minimum Gasteiger partial charge on any atom is -0.444 e. The van der Waals surface area contributed by atoms with E-state index in [1.807, 2.05) is 37.3 Å². The van der Waals surface area contributed by atoms with Gasteiger partial charge in [-0.05, 0) is 24.8 Å². The number of carbonyl (C=O) groups is 2. The molecule has 0 aromatic heterocycles. The van der Waals surface area contributed by atoms with Crippen molar-refractivity contribution in [2.75, 3.05) is 6.73 Å². The normalized spacial score (nSPS) is 15.2. The van der Waals surface area contributed by atoms with Gasteiger partial charge in [0.1, 0.15) is 0 Å². The van der Waals surface area contributed by atoms with Crippen molar-refractivity contribution in [2.45, 2.75) is 32.7 Å². The van der Waals surface area contributed by atoms with E-state index in [-0.39, 0.29) is 24.1 Å². The molecule has 0 spiro atoms. The van der Waals surface area contributed by atoms with Gasteiger partial charge in [0.25, 0.3) is 0 Å². The highest BCUT2D eigenvalue weighted by molar-refractivity contribution is 5.80. The maximum atomic E-state index is 11.7. The van der Waals surface area contributed by atoms with Crippen LogP contribution in [0.5, 0.6) is 0 Å². The maximum absolute atomic E-state index is 11.7. The molecule has 0 heterocycles. The SMILES string of the molecule is CCC1(C(=O)OCNC(=O)NCc2ccccc2)CC1. The van der Waals surface area contributed by atoms with Crippen molar-refractivity contribution in [3.63, 3.8) is 0 Å². The highest BCUT2D eigenvalue weighted by Gasteiger charge is 2.49. The van der Waals surface area contributed by atoms with E-state index in [2.05, 4.69) is 10.6 Å². The number of esters is 1. The van der Waals surface area contributed by atoms with E-state index in [1.54, 1.807) is 0 Å². The van der Waals surface area contributed by atoms with Gasteiger partial charge in [-0.25, -0.2) is 4.79 Å². The molecule has 20 heavy (non-hydrogen) atoms. The predicted molar refractivity (Wildman–Crippen MR) is 74.7 cm³/mol. The van der Waals surface area contributed by atoms with Crippen LogP contribution in [0.4, 0.5) is 4.79 Å². The minimum absolute atomic E-state index is 0.0821. The highest BCUT2D eigenvalue weighted by atomic mass is 16.5. The Kier molecular flexibility index (Phi) is 4.61. The van der Waals surface area contributed by atoms with Crippen molar-refractivity contribution < 1.29 is 14.3 Å². The zero-order valence-corrected chi connectivity index (χ0v) is 11.6. The first-order valence-electron chi connectivity index (χ1n) is 6.89. The van der Waals surface area contributed by atoms with Crippen molar-refractivity contribution in [1.82, 2.24) is 10.6 Å². The average Bonchev–Trinajstić information content (AvgIpc) is 3.27. The van der Waals surface area contributed by atoms with Gasteiger partial charge >= 0.3 is 12.0 Å². The molecule has 1 fully saturated rings. The number of urea groups is 1. The summed E-state index contributed by atoms with van der Waals surface area (Å²) >= 11 is 0. The first-order chi connectivity index (χ1) is 9.66. The summed E-state index contributed by atoms with van der Waals surface area (Å²) in [7, 11) is 0. The van der Waals surface area contributed by atoms with E-state index in [0.29, 0.717) is 6.54 Å². The molecular weight excluding hydrogens is 256 g/mol. The zero-order valence-electron chi connectivity index (χ0n) is 11.6. The fraction of sp³-hybridized carbons (Fsp3) is 0.467. The Morgan fingerprint density at radius 3 is 2.50 bits per heavy atom. The van der Waals surface area contributed by atoms with Gasteiger partial charge in [-0.1, -0.05) is 37.3 Å². The Balaban J connectivity index is 1.62. The molecule has 1 aliphatic carbocycles. The van der Waals surface area contributed by atoms with Gasteiger partial charge in [0, 0.05) is 6.54 Å². The third kappa shape index (κ3) is 3.73. The largest absolute Gasteiger partial charge is 0.444 e. The standard InChI is InChI=1S/C15H20N2O3/c1-2-15(8-9-15)13(18)20-11-17-14(19)16-10-12-6-4-3-5-7-12/h3-7H,2,8-11H2,1H3,(H2,16,17,19). The third-order valence-corrected chi connectivity index (χ3v) is 3.70. The lowest BCUT2D eigenvalue weighted by Gasteiger charge is -2.13. The Morgan fingerprint density at radius 1 is 1.20 bits per heavy atom. The van der Waals surface area contributed by atoms with Crippen molar-refractivity contribution in [3.05, 3.63) is 35.9 Å². The predicted octanol–water partition coefficient (Wildman–Crippen LogP) is 2.18. The average molecular weight is 276 g/mol. The van der Waals surface area contributed by atoms with Gasteiger partial charge in [-0.15, -0.1) is 0 Å². The van der Waals surface area contributed by atoms with E-state index < -0.39 is 0 Å². The summed E-state index contributed by atoms with van der Waals surface area (Å²) in [6.07, 6.45) is 2.58. The summed E-state index contributed by atoms with van der Waals surface area (Å²) in [5, 5.41) is 5.21. The molecule has 108 valence electrons. The summed E-state index contributed by atoms with van der Waals surface area (Å²) in [4.78, 5) is 23.2. The van der Waals surface area contributed by atoms with E-state index in [4.69, 9.17) is 4.74 Å². The fourth-order valence-corrected chi connectivity index (χ4v) is 2.01. The Morgan fingerprint density at radius 2 is 1.90 bits per heavy atom.